The smallest absolute Gasteiger partial charge is 0.435 e. The van der Waals surface area contributed by atoms with E-state index in [1.165, 1.54) is 0 Å². The summed E-state index contributed by atoms with van der Waals surface area (Å²) < 4.78 is 37.8. The lowest BCUT2D eigenvalue weighted by Crippen LogP contribution is -2.11. The highest BCUT2D eigenvalue weighted by Crippen LogP contribution is 2.27. The summed E-state index contributed by atoms with van der Waals surface area (Å²) in [5, 5.41) is 12.1. The molecule has 94 valence electrons. The molecule has 2 rings (SSSR count). The van der Waals surface area contributed by atoms with Crippen LogP contribution in [0.25, 0.3) is 5.82 Å². The number of aromatic carboxylic acids is 1. The number of carboxylic acids is 1. The van der Waals surface area contributed by atoms with Crippen molar-refractivity contribution in [2.45, 2.75) is 6.18 Å². The Balaban J connectivity index is 2.50. The van der Waals surface area contributed by atoms with E-state index in [4.69, 9.17) is 5.11 Å². The van der Waals surface area contributed by atoms with E-state index in [1.807, 2.05) is 0 Å². The van der Waals surface area contributed by atoms with Crippen molar-refractivity contribution in [3.05, 3.63) is 36.0 Å². The molecule has 0 aliphatic carbocycles. The number of carbonyl (C=O) groups is 1. The van der Waals surface area contributed by atoms with Gasteiger partial charge in [0.05, 0.1) is 0 Å². The summed E-state index contributed by atoms with van der Waals surface area (Å²) in [5.41, 5.74) is -1.47. The number of hydrogen-bond donors (Lipinski definition) is 1. The van der Waals surface area contributed by atoms with Crippen molar-refractivity contribution in [1.82, 2.24) is 19.7 Å². The zero-order valence-corrected chi connectivity index (χ0v) is 8.59. The number of aromatic nitrogens is 4. The maximum absolute atomic E-state index is 12.4. The van der Waals surface area contributed by atoms with Gasteiger partial charge < -0.3 is 5.11 Å². The van der Waals surface area contributed by atoms with Gasteiger partial charge in [-0.25, -0.2) is 19.4 Å². The fourth-order valence-corrected chi connectivity index (χ4v) is 1.25. The van der Waals surface area contributed by atoms with Crippen LogP contribution in [-0.2, 0) is 6.18 Å². The summed E-state index contributed by atoms with van der Waals surface area (Å²) >= 11 is 0. The van der Waals surface area contributed by atoms with Crippen LogP contribution in [-0.4, -0.2) is 30.8 Å². The monoisotopic (exact) mass is 258 g/mol. The first kappa shape index (κ1) is 12.0. The van der Waals surface area contributed by atoms with Crippen LogP contribution in [0.4, 0.5) is 13.2 Å². The number of hydrogen-bond acceptors (Lipinski definition) is 4. The molecule has 0 aromatic carbocycles. The maximum atomic E-state index is 12.4. The first-order valence-electron chi connectivity index (χ1n) is 4.56. The fraction of sp³-hybridized carbons (Fsp3) is 0.111. The van der Waals surface area contributed by atoms with Crippen LogP contribution < -0.4 is 0 Å². The highest BCUT2D eigenvalue weighted by Gasteiger charge is 2.34. The molecule has 2 heterocycles. The van der Waals surface area contributed by atoms with E-state index in [-0.39, 0.29) is 11.4 Å². The molecule has 0 spiro atoms. The standard InChI is InChI=1S/C9H5F3N4O2/c10-9(11,12)6-1-2-16(15-6)7-5(8(17)18)3-13-4-14-7/h1-4H,(H,17,18). The Bertz CT molecular complexity index is 593. The Kier molecular flexibility index (Phi) is 2.73. The van der Waals surface area contributed by atoms with Crippen molar-refractivity contribution in [2.24, 2.45) is 0 Å². The molecule has 0 bridgehead atoms. The summed E-state index contributed by atoms with van der Waals surface area (Å²) in [6.07, 6.45) is -1.60. The van der Waals surface area contributed by atoms with Crippen LogP contribution in [0.1, 0.15) is 16.1 Å². The van der Waals surface area contributed by atoms with Crippen molar-refractivity contribution >= 4 is 5.97 Å². The zero-order valence-electron chi connectivity index (χ0n) is 8.59. The van der Waals surface area contributed by atoms with Gasteiger partial charge in [0, 0.05) is 12.4 Å². The Labute approximate surface area is 97.7 Å². The minimum absolute atomic E-state index is 0.229. The summed E-state index contributed by atoms with van der Waals surface area (Å²) in [7, 11) is 0. The van der Waals surface area contributed by atoms with Gasteiger partial charge in [-0.3, -0.25) is 0 Å². The third kappa shape index (κ3) is 2.14. The average molecular weight is 258 g/mol. The molecule has 0 saturated heterocycles. The zero-order chi connectivity index (χ0) is 13.3. The van der Waals surface area contributed by atoms with E-state index in [2.05, 4.69) is 15.1 Å². The minimum Gasteiger partial charge on any atom is -0.477 e. The number of halogens is 3. The van der Waals surface area contributed by atoms with Crippen LogP contribution in [0.15, 0.2) is 24.8 Å². The fourth-order valence-electron chi connectivity index (χ4n) is 1.25. The Morgan fingerprint density at radius 2 is 2.11 bits per heavy atom. The number of alkyl halides is 3. The van der Waals surface area contributed by atoms with Crippen LogP contribution in [0.5, 0.6) is 0 Å². The summed E-state index contributed by atoms with van der Waals surface area (Å²) in [5.74, 6) is -1.58. The molecule has 0 saturated carbocycles. The van der Waals surface area contributed by atoms with Crippen molar-refractivity contribution in [3.63, 3.8) is 0 Å². The van der Waals surface area contributed by atoms with Gasteiger partial charge in [-0.1, -0.05) is 0 Å². The molecule has 0 atom stereocenters. The van der Waals surface area contributed by atoms with E-state index in [1.54, 1.807) is 0 Å². The molecule has 6 nitrogen and oxygen atoms in total. The Morgan fingerprint density at radius 3 is 2.67 bits per heavy atom. The number of rotatable bonds is 2. The van der Waals surface area contributed by atoms with Crippen molar-refractivity contribution in [3.8, 4) is 5.82 Å². The molecular weight excluding hydrogens is 253 g/mol. The third-order valence-corrected chi connectivity index (χ3v) is 2.02. The van der Waals surface area contributed by atoms with Crippen LogP contribution >= 0.6 is 0 Å². The molecule has 0 aliphatic rings. The van der Waals surface area contributed by atoms with E-state index < -0.39 is 17.8 Å². The summed E-state index contributed by atoms with van der Waals surface area (Å²) in [6.45, 7) is 0. The maximum Gasteiger partial charge on any atom is 0.435 e. The highest BCUT2D eigenvalue weighted by molar-refractivity contribution is 5.90. The molecule has 18 heavy (non-hydrogen) atoms. The van der Waals surface area contributed by atoms with E-state index in [0.717, 1.165) is 29.5 Å². The lowest BCUT2D eigenvalue weighted by molar-refractivity contribution is -0.141. The van der Waals surface area contributed by atoms with Gasteiger partial charge in [0.25, 0.3) is 0 Å². The second kappa shape index (κ2) is 4.09. The summed E-state index contributed by atoms with van der Waals surface area (Å²) in [4.78, 5) is 18.0. The molecule has 9 heteroatoms. The third-order valence-electron chi connectivity index (χ3n) is 2.02. The van der Waals surface area contributed by atoms with Crippen molar-refractivity contribution < 1.29 is 23.1 Å². The van der Waals surface area contributed by atoms with Gasteiger partial charge in [-0.05, 0) is 6.07 Å². The molecular formula is C9H5F3N4O2. The number of carboxylic acid groups (broad SMARTS) is 1. The number of nitrogens with zero attached hydrogens (tertiary/aromatic N) is 4. The predicted molar refractivity (Wildman–Crippen MR) is 51.1 cm³/mol. The molecule has 1 N–H and O–H groups in total. The minimum atomic E-state index is -4.60. The SMILES string of the molecule is O=C(O)c1cncnc1-n1ccc(C(F)(F)F)n1. The molecule has 0 amide bonds. The summed E-state index contributed by atoms with van der Waals surface area (Å²) in [6, 6.07) is 0.730. The first-order chi connectivity index (χ1) is 8.39. The highest BCUT2D eigenvalue weighted by atomic mass is 19.4. The molecule has 0 aliphatic heterocycles. The first-order valence-corrected chi connectivity index (χ1v) is 4.56. The van der Waals surface area contributed by atoms with E-state index in [9.17, 15) is 18.0 Å². The topological polar surface area (TPSA) is 80.9 Å². The quantitative estimate of drug-likeness (QED) is 0.880. The van der Waals surface area contributed by atoms with Gasteiger partial charge >= 0.3 is 12.1 Å². The van der Waals surface area contributed by atoms with E-state index >= 15 is 0 Å². The largest absolute Gasteiger partial charge is 0.477 e. The normalized spacial score (nSPS) is 11.5. The lowest BCUT2D eigenvalue weighted by atomic mass is 10.3. The van der Waals surface area contributed by atoms with Crippen molar-refractivity contribution in [1.29, 1.82) is 0 Å². The molecule has 0 radical (unpaired) electrons. The predicted octanol–water partition coefficient (Wildman–Crippen LogP) is 1.38. The van der Waals surface area contributed by atoms with Gasteiger partial charge in [-0.2, -0.15) is 18.3 Å². The van der Waals surface area contributed by atoms with Gasteiger partial charge in [0.2, 0.25) is 0 Å². The van der Waals surface area contributed by atoms with Gasteiger partial charge in [0.1, 0.15) is 11.9 Å². The molecule has 2 aromatic rings. The Hall–Kier alpha value is -2.45. The van der Waals surface area contributed by atoms with Crippen molar-refractivity contribution in [2.75, 3.05) is 0 Å². The second-order valence-corrected chi connectivity index (χ2v) is 3.21. The van der Waals surface area contributed by atoms with Crippen LogP contribution in [0.3, 0.4) is 0 Å². The van der Waals surface area contributed by atoms with E-state index in [0.29, 0.717) is 0 Å². The Morgan fingerprint density at radius 1 is 1.39 bits per heavy atom. The molecule has 0 unspecified atom stereocenters. The van der Waals surface area contributed by atoms with Gasteiger partial charge in [0.15, 0.2) is 11.5 Å². The van der Waals surface area contributed by atoms with Gasteiger partial charge in [-0.15, -0.1) is 0 Å². The molecule has 0 fully saturated rings. The van der Waals surface area contributed by atoms with Crippen LogP contribution in [0.2, 0.25) is 0 Å². The van der Waals surface area contributed by atoms with Crippen LogP contribution in [0, 0.1) is 0 Å². The second-order valence-electron chi connectivity index (χ2n) is 3.21. The lowest BCUT2D eigenvalue weighted by Gasteiger charge is -2.04. The average Bonchev–Trinajstić information content (AvgIpc) is 2.77. The molecule has 2 aromatic heterocycles.